The van der Waals surface area contributed by atoms with E-state index in [0.29, 0.717) is 17.0 Å². The van der Waals surface area contributed by atoms with E-state index in [9.17, 15) is 29.9 Å². The number of ether oxygens (including phenoxy) is 3. The number of aliphatic hydroxyl groups excluding tert-OH is 1. The summed E-state index contributed by atoms with van der Waals surface area (Å²) in [5.41, 5.74) is -1.13. The highest BCUT2D eigenvalue weighted by atomic mass is 16.6. The van der Waals surface area contributed by atoms with E-state index in [2.05, 4.69) is 5.32 Å². The molecule has 188 valence electrons. The summed E-state index contributed by atoms with van der Waals surface area (Å²) in [5, 5.41) is 36.0. The van der Waals surface area contributed by atoms with Gasteiger partial charge in [-0.2, -0.15) is 0 Å². The van der Waals surface area contributed by atoms with Crippen molar-refractivity contribution in [2.45, 2.75) is 63.6 Å². The smallest absolute Gasteiger partial charge is 0.337 e. The highest BCUT2D eigenvalue weighted by Gasteiger charge is 2.61. The first-order valence-electron chi connectivity index (χ1n) is 11.3. The number of carbonyl (C=O) groups is 2. The number of dihydropyridines is 1. The molecule has 2 saturated heterocycles. The summed E-state index contributed by atoms with van der Waals surface area (Å²) in [6.45, 7) is 6.12. The Morgan fingerprint density at radius 3 is 2.57 bits per heavy atom. The molecule has 2 fully saturated rings. The van der Waals surface area contributed by atoms with Crippen LogP contribution in [0.4, 0.5) is 5.69 Å². The Morgan fingerprint density at radius 1 is 1.23 bits per heavy atom. The van der Waals surface area contributed by atoms with Gasteiger partial charge in [-0.1, -0.05) is 12.1 Å². The van der Waals surface area contributed by atoms with Gasteiger partial charge < -0.3 is 29.7 Å². The van der Waals surface area contributed by atoms with E-state index in [1.54, 1.807) is 33.8 Å². The van der Waals surface area contributed by atoms with Gasteiger partial charge >= 0.3 is 5.97 Å². The number of nitro groups is 1. The molecule has 3 aliphatic heterocycles. The zero-order valence-corrected chi connectivity index (χ0v) is 19.8. The maximum absolute atomic E-state index is 14.0. The fourth-order valence-electron chi connectivity index (χ4n) is 4.93. The van der Waals surface area contributed by atoms with Gasteiger partial charge in [0.1, 0.15) is 18.3 Å². The number of Topliss-reactive ketones (excluding diaryl/α,β-unsaturated/α-hetero) is 1. The van der Waals surface area contributed by atoms with E-state index >= 15 is 0 Å². The molecule has 5 atom stereocenters. The Morgan fingerprint density at radius 2 is 1.91 bits per heavy atom. The van der Waals surface area contributed by atoms with Gasteiger partial charge in [-0.15, -0.1) is 0 Å². The predicted molar refractivity (Wildman–Crippen MR) is 121 cm³/mol. The number of rotatable bonds is 6. The molecule has 1 aromatic carbocycles. The van der Waals surface area contributed by atoms with Crippen molar-refractivity contribution >= 4 is 17.4 Å². The number of nitro benzene ring substituents is 1. The lowest BCUT2D eigenvalue weighted by Gasteiger charge is -2.35. The number of esters is 1. The number of hydrogen-bond acceptors (Lipinski definition) is 10. The van der Waals surface area contributed by atoms with Crippen molar-refractivity contribution in [2.75, 3.05) is 13.2 Å². The van der Waals surface area contributed by atoms with Gasteiger partial charge in [-0.05, 0) is 33.3 Å². The fourth-order valence-corrected chi connectivity index (χ4v) is 4.93. The minimum Gasteiger partial charge on any atom is -0.460 e. The SMILES string of the molecule is CC1=C(C(=O)OC(C)C)C(c2cccc([N+](=O)[O-])c2)C(C(=O)[C@@]2(O)CO[C@@H]3[C@@H](O)CO[C@@H]32)=C(C)N1. The zero-order chi connectivity index (χ0) is 25.7. The monoisotopic (exact) mass is 488 g/mol. The van der Waals surface area contributed by atoms with Crippen LogP contribution in [0.2, 0.25) is 0 Å². The first kappa shape index (κ1) is 25.0. The van der Waals surface area contributed by atoms with E-state index in [4.69, 9.17) is 14.2 Å². The van der Waals surface area contributed by atoms with Crippen molar-refractivity contribution in [2.24, 2.45) is 0 Å². The molecular weight excluding hydrogens is 460 g/mol. The number of aliphatic hydroxyl groups is 2. The Labute approximate surface area is 201 Å². The third-order valence-corrected chi connectivity index (χ3v) is 6.47. The largest absolute Gasteiger partial charge is 0.460 e. The highest BCUT2D eigenvalue weighted by molar-refractivity contribution is 6.08. The average molecular weight is 488 g/mol. The number of nitrogens with zero attached hydrogens (tertiary/aromatic N) is 1. The molecule has 1 unspecified atom stereocenters. The molecule has 0 radical (unpaired) electrons. The first-order chi connectivity index (χ1) is 16.5. The molecule has 0 bridgehead atoms. The van der Waals surface area contributed by atoms with Crippen molar-refractivity contribution in [3.8, 4) is 0 Å². The summed E-state index contributed by atoms with van der Waals surface area (Å²) in [7, 11) is 0. The second-order valence-corrected chi connectivity index (χ2v) is 9.29. The fraction of sp³-hybridized carbons (Fsp3) is 0.500. The lowest BCUT2D eigenvalue weighted by Crippen LogP contribution is -2.52. The van der Waals surface area contributed by atoms with E-state index in [1.165, 1.54) is 18.2 Å². The predicted octanol–water partition coefficient (Wildman–Crippen LogP) is 1.24. The Kier molecular flexibility index (Phi) is 6.54. The van der Waals surface area contributed by atoms with Crippen LogP contribution >= 0.6 is 0 Å². The van der Waals surface area contributed by atoms with E-state index in [-0.39, 0.29) is 23.4 Å². The third kappa shape index (κ3) is 4.25. The van der Waals surface area contributed by atoms with Gasteiger partial charge in [-0.3, -0.25) is 14.9 Å². The molecule has 11 heteroatoms. The van der Waals surface area contributed by atoms with Crippen LogP contribution in [0.15, 0.2) is 46.8 Å². The molecule has 1 aromatic rings. The molecule has 0 amide bonds. The molecule has 0 spiro atoms. The lowest BCUT2D eigenvalue weighted by atomic mass is 9.74. The summed E-state index contributed by atoms with van der Waals surface area (Å²) in [6, 6.07) is 5.64. The summed E-state index contributed by atoms with van der Waals surface area (Å²) >= 11 is 0. The molecule has 0 aliphatic carbocycles. The van der Waals surface area contributed by atoms with Crippen molar-refractivity contribution in [3.05, 3.63) is 62.5 Å². The standard InChI is InChI=1S/C24H28N2O9/c1-11(2)35-23(29)18-13(4)25-12(3)17(19(18)14-6-5-7-15(8-14)26(31)32)21(28)24(30)10-34-20-16(27)9-33-22(20)24/h5-8,11,16,19-20,22,25,27,30H,9-10H2,1-4H3/t16-,19?,20+,22-,24-/m0/s1. The van der Waals surface area contributed by atoms with Crippen molar-refractivity contribution in [1.82, 2.24) is 5.32 Å². The molecular formula is C24H28N2O9. The number of benzene rings is 1. The first-order valence-corrected chi connectivity index (χ1v) is 11.3. The number of ketones is 1. The third-order valence-electron chi connectivity index (χ3n) is 6.47. The topological polar surface area (TPSA) is 157 Å². The zero-order valence-electron chi connectivity index (χ0n) is 19.8. The van der Waals surface area contributed by atoms with Gasteiger partial charge in [0.15, 0.2) is 11.4 Å². The minimum absolute atomic E-state index is 0.0311. The van der Waals surface area contributed by atoms with E-state index < -0.39 is 59.2 Å². The molecule has 0 saturated carbocycles. The number of non-ortho nitro benzene ring substituents is 1. The second kappa shape index (κ2) is 9.15. The quantitative estimate of drug-likeness (QED) is 0.302. The minimum atomic E-state index is -2.13. The van der Waals surface area contributed by atoms with Crippen molar-refractivity contribution in [3.63, 3.8) is 0 Å². The van der Waals surface area contributed by atoms with Crippen LogP contribution < -0.4 is 5.32 Å². The van der Waals surface area contributed by atoms with Crippen LogP contribution in [-0.2, 0) is 23.8 Å². The van der Waals surface area contributed by atoms with E-state index in [0.717, 1.165) is 0 Å². The summed E-state index contributed by atoms with van der Waals surface area (Å²) in [4.78, 5) is 38.1. The lowest BCUT2D eigenvalue weighted by molar-refractivity contribution is -0.384. The van der Waals surface area contributed by atoms with Gasteiger partial charge in [-0.25, -0.2) is 4.79 Å². The van der Waals surface area contributed by atoms with Gasteiger partial charge in [0.2, 0.25) is 0 Å². The average Bonchev–Trinajstić information content (AvgIpc) is 3.33. The number of allylic oxidation sites excluding steroid dienone is 2. The Bertz CT molecular complexity index is 1140. The van der Waals surface area contributed by atoms with Crippen LogP contribution in [-0.4, -0.2) is 70.1 Å². The van der Waals surface area contributed by atoms with E-state index in [1.807, 2.05) is 0 Å². The molecule has 4 rings (SSSR count). The van der Waals surface area contributed by atoms with Crippen molar-refractivity contribution in [1.29, 1.82) is 0 Å². The van der Waals surface area contributed by atoms with Gasteiger partial charge in [0.25, 0.3) is 5.69 Å². The van der Waals surface area contributed by atoms with Crippen molar-refractivity contribution < 1.29 is 38.9 Å². The number of hydrogen-bond donors (Lipinski definition) is 3. The van der Waals surface area contributed by atoms with Gasteiger partial charge in [0, 0.05) is 35.0 Å². The molecule has 0 aromatic heterocycles. The number of carbonyl (C=O) groups excluding carboxylic acids is 2. The number of nitrogens with one attached hydrogen (secondary N) is 1. The molecule has 3 N–H and O–H groups in total. The summed E-state index contributed by atoms with van der Waals surface area (Å²) in [6.07, 6.45) is -3.43. The highest BCUT2D eigenvalue weighted by Crippen LogP contribution is 2.44. The Balaban J connectivity index is 1.85. The van der Waals surface area contributed by atoms with Crippen LogP contribution in [0, 0.1) is 10.1 Å². The molecule has 3 heterocycles. The normalized spacial score (nSPS) is 30.4. The maximum Gasteiger partial charge on any atom is 0.337 e. The Hall–Kier alpha value is -3.12. The summed E-state index contributed by atoms with van der Waals surface area (Å²) < 4.78 is 16.5. The van der Waals surface area contributed by atoms with Crippen LogP contribution in [0.5, 0.6) is 0 Å². The number of fused-ring (bicyclic) bond motifs is 1. The molecule has 11 nitrogen and oxygen atoms in total. The van der Waals surface area contributed by atoms with Crippen LogP contribution in [0.25, 0.3) is 0 Å². The summed E-state index contributed by atoms with van der Waals surface area (Å²) in [5.74, 6) is -2.52. The van der Waals surface area contributed by atoms with Gasteiger partial charge in [0.05, 0.1) is 29.8 Å². The van der Waals surface area contributed by atoms with Crippen LogP contribution in [0.3, 0.4) is 0 Å². The molecule has 3 aliphatic rings. The van der Waals surface area contributed by atoms with Crippen LogP contribution in [0.1, 0.15) is 39.2 Å². The second-order valence-electron chi connectivity index (χ2n) is 9.29. The maximum atomic E-state index is 14.0. The molecule has 35 heavy (non-hydrogen) atoms.